The maximum Gasteiger partial charge on any atom is 0.326 e. The third-order valence-electron chi connectivity index (χ3n) is 2.49. The van der Waals surface area contributed by atoms with E-state index in [1.54, 1.807) is 18.2 Å². The second-order valence-electron chi connectivity index (χ2n) is 4.08. The Morgan fingerprint density at radius 2 is 1.76 bits per heavy atom. The molecule has 0 aromatic heterocycles. The molecule has 3 N–H and O–H groups in total. The lowest BCUT2D eigenvalue weighted by molar-refractivity contribution is -0.142. The first-order chi connectivity index (χ1) is 9.49. The number of rotatable bonds is 7. The standard InChI is InChI=1S/C14H15NO5.H2S/c16-12(8-6-10-4-2-1-3-5-10)15-11(14(19)20)7-9-13(17)18;/h1-6,8,11H,7,9H2,(H,15,16)(H,17,18)(H,19,20);1H2/b8-6+;. The quantitative estimate of drug-likeness (QED) is 0.657. The first kappa shape index (κ1) is 18.7. The highest BCUT2D eigenvalue weighted by Crippen LogP contribution is 2.02. The van der Waals surface area contributed by atoms with Gasteiger partial charge in [0.05, 0.1) is 0 Å². The lowest BCUT2D eigenvalue weighted by Gasteiger charge is -2.11. The molecule has 1 amide bonds. The minimum atomic E-state index is -1.26. The normalized spacial score (nSPS) is 11.4. The lowest BCUT2D eigenvalue weighted by Crippen LogP contribution is -2.40. The highest BCUT2D eigenvalue weighted by Gasteiger charge is 2.19. The molecule has 0 aliphatic heterocycles. The molecule has 1 aromatic rings. The third-order valence-corrected chi connectivity index (χ3v) is 2.49. The van der Waals surface area contributed by atoms with E-state index in [-0.39, 0.29) is 26.3 Å². The first-order valence-electron chi connectivity index (χ1n) is 5.97. The smallest absolute Gasteiger partial charge is 0.326 e. The van der Waals surface area contributed by atoms with Crippen LogP contribution in [-0.2, 0) is 14.4 Å². The summed E-state index contributed by atoms with van der Waals surface area (Å²) in [7, 11) is 0. The van der Waals surface area contributed by atoms with Gasteiger partial charge in [-0.15, -0.1) is 0 Å². The molecule has 0 radical (unpaired) electrons. The molecule has 0 saturated heterocycles. The van der Waals surface area contributed by atoms with E-state index in [0.29, 0.717) is 0 Å². The molecule has 0 fully saturated rings. The van der Waals surface area contributed by atoms with Crippen molar-refractivity contribution < 1.29 is 24.6 Å². The largest absolute Gasteiger partial charge is 0.481 e. The first-order valence-corrected chi connectivity index (χ1v) is 5.97. The minimum Gasteiger partial charge on any atom is -0.481 e. The van der Waals surface area contributed by atoms with Crippen LogP contribution in [0, 0.1) is 0 Å². The molecule has 0 spiro atoms. The molecule has 0 heterocycles. The predicted octanol–water partition coefficient (Wildman–Crippen LogP) is 1.25. The fourth-order valence-corrected chi connectivity index (χ4v) is 1.48. The maximum atomic E-state index is 11.6. The third kappa shape index (κ3) is 7.78. The molecular formula is C14H17NO5S. The number of amides is 1. The van der Waals surface area contributed by atoms with Crippen LogP contribution in [0.1, 0.15) is 18.4 Å². The fourth-order valence-electron chi connectivity index (χ4n) is 1.48. The SMILES string of the molecule is O=C(O)CCC(NC(=O)/C=C/c1ccccc1)C(=O)O.S. The number of carbonyl (C=O) groups excluding carboxylic acids is 1. The van der Waals surface area contributed by atoms with Crippen LogP contribution in [0.4, 0.5) is 0 Å². The lowest BCUT2D eigenvalue weighted by atomic mass is 10.1. The highest BCUT2D eigenvalue weighted by molar-refractivity contribution is 7.59. The second-order valence-corrected chi connectivity index (χ2v) is 4.08. The van der Waals surface area contributed by atoms with E-state index < -0.39 is 23.9 Å². The molecule has 21 heavy (non-hydrogen) atoms. The van der Waals surface area contributed by atoms with Crippen LogP contribution in [0.2, 0.25) is 0 Å². The Morgan fingerprint density at radius 1 is 1.14 bits per heavy atom. The van der Waals surface area contributed by atoms with E-state index in [1.807, 2.05) is 18.2 Å². The van der Waals surface area contributed by atoms with Gasteiger partial charge in [0.15, 0.2) is 0 Å². The van der Waals surface area contributed by atoms with E-state index >= 15 is 0 Å². The van der Waals surface area contributed by atoms with Gasteiger partial charge in [-0.05, 0) is 18.1 Å². The van der Waals surface area contributed by atoms with E-state index in [9.17, 15) is 14.4 Å². The van der Waals surface area contributed by atoms with E-state index in [4.69, 9.17) is 10.2 Å². The van der Waals surface area contributed by atoms with E-state index in [1.165, 1.54) is 6.08 Å². The number of carboxylic acid groups (broad SMARTS) is 2. The number of hydrogen-bond acceptors (Lipinski definition) is 3. The van der Waals surface area contributed by atoms with Gasteiger partial charge in [0.1, 0.15) is 6.04 Å². The van der Waals surface area contributed by atoms with Crippen LogP contribution in [0.25, 0.3) is 6.08 Å². The van der Waals surface area contributed by atoms with Crippen molar-refractivity contribution >= 4 is 37.4 Å². The van der Waals surface area contributed by atoms with E-state index in [2.05, 4.69) is 5.32 Å². The van der Waals surface area contributed by atoms with Gasteiger partial charge in [0.25, 0.3) is 0 Å². The van der Waals surface area contributed by atoms with Crippen molar-refractivity contribution in [3.8, 4) is 0 Å². The molecule has 1 unspecified atom stereocenters. The Kier molecular flexibility index (Phi) is 8.55. The zero-order valence-corrected chi connectivity index (χ0v) is 12.2. The number of aliphatic carboxylic acids is 2. The molecule has 7 heteroatoms. The maximum absolute atomic E-state index is 11.6. The minimum absolute atomic E-state index is 0. The van der Waals surface area contributed by atoms with Crippen molar-refractivity contribution in [2.24, 2.45) is 0 Å². The van der Waals surface area contributed by atoms with Gasteiger partial charge >= 0.3 is 11.9 Å². The van der Waals surface area contributed by atoms with Gasteiger partial charge < -0.3 is 15.5 Å². The molecule has 0 saturated carbocycles. The van der Waals surface area contributed by atoms with E-state index in [0.717, 1.165) is 5.56 Å². The summed E-state index contributed by atoms with van der Waals surface area (Å²) < 4.78 is 0. The summed E-state index contributed by atoms with van der Waals surface area (Å²) in [5, 5.41) is 19.7. The molecule has 0 aliphatic carbocycles. The molecule has 6 nitrogen and oxygen atoms in total. The van der Waals surface area contributed by atoms with Gasteiger partial charge in [0, 0.05) is 12.5 Å². The molecule has 0 bridgehead atoms. The average Bonchev–Trinajstić information content (AvgIpc) is 2.41. The van der Waals surface area contributed by atoms with Crippen molar-refractivity contribution in [2.75, 3.05) is 0 Å². The fraction of sp³-hybridized carbons (Fsp3) is 0.214. The van der Waals surface area contributed by atoms with Gasteiger partial charge in [-0.1, -0.05) is 30.3 Å². The monoisotopic (exact) mass is 311 g/mol. The van der Waals surface area contributed by atoms with Crippen LogP contribution in [-0.4, -0.2) is 34.1 Å². The van der Waals surface area contributed by atoms with Crippen LogP contribution in [0.3, 0.4) is 0 Å². The van der Waals surface area contributed by atoms with Crippen LogP contribution < -0.4 is 5.32 Å². The molecule has 0 aliphatic rings. The number of carbonyl (C=O) groups is 3. The zero-order chi connectivity index (χ0) is 15.0. The predicted molar refractivity (Wildman–Crippen MR) is 82.3 cm³/mol. The summed E-state index contributed by atoms with van der Waals surface area (Å²) in [5.74, 6) is -2.94. The van der Waals surface area contributed by atoms with Gasteiger partial charge in [0.2, 0.25) is 5.91 Å². The van der Waals surface area contributed by atoms with Crippen molar-refractivity contribution in [1.82, 2.24) is 5.32 Å². The van der Waals surface area contributed by atoms with Gasteiger partial charge in [-0.2, -0.15) is 13.5 Å². The summed E-state index contributed by atoms with van der Waals surface area (Å²) in [6.45, 7) is 0. The summed E-state index contributed by atoms with van der Waals surface area (Å²) in [4.78, 5) is 32.9. The summed E-state index contributed by atoms with van der Waals surface area (Å²) >= 11 is 0. The Bertz CT molecular complexity index is 515. The Hall–Kier alpha value is -2.28. The van der Waals surface area contributed by atoms with Crippen LogP contribution in [0.15, 0.2) is 36.4 Å². The Morgan fingerprint density at radius 3 is 2.29 bits per heavy atom. The number of hydrogen-bond donors (Lipinski definition) is 3. The van der Waals surface area contributed by atoms with Gasteiger partial charge in [-0.25, -0.2) is 4.79 Å². The number of nitrogens with one attached hydrogen (secondary N) is 1. The highest BCUT2D eigenvalue weighted by atomic mass is 32.1. The average molecular weight is 311 g/mol. The number of benzene rings is 1. The number of carboxylic acids is 2. The van der Waals surface area contributed by atoms with Crippen molar-refractivity contribution in [3.05, 3.63) is 42.0 Å². The Labute approximate surface area is 128 Å². The zero-order valence-electron chi connectivity index (χ0n) is 11.2. The topological polar surface area (TPSA) is 104 Å². The van der Waals surface area contributed by atoms with Crippen molar-refractivity contribution in [3.63, 3.8) is 0 Å². The molecule has 1 atom stereocenters. The molecular weight excluding hydrogens is 294 g/mol. The Balaban J connectivity index is 0.00000400. The van der Waals surface area contributed by atoms with Crippen molar-refractivity contribution in [2.45, 2.75) is 18.9 Å². The van der Waals surface area contributed by atoms with Gasteiger partial charge in [-0.3, -0.25) is 9.59 Å². The van der Waals surface area contributed by atoms with Crippen molar-refractivity contribution in [1.29, 1.82) is 0 Å². The molecule has 1 aromatic carbocycles. The summed E-state index contributed by atoms with van der Waals surface area (Å²) in [5.41, 5.74) is 0.806. The van der Waals surface area contributed by atoms with Crippen LogP contribution in [0.5, 0.6) is 0 Å². The second kappa shape index (κ2) is 9.60. The molecule has 114 valence electrons. The molecule has 1 rings (SSSR count). The summed E-state index contributed by atoms with van der Waals surface area (Å²) in [6, 6.07) is 7.84. The summed E-state index contributed by atoms with van der Waals surface area (Å²) in [6.07, 6.45) is 2.28. The van der Waals surface area contributed by atoms with Crippen LogP contribution >= 0.6 is 13.5 Å².